The number of likely N-dealkylation sites (N-methyl/N-ethyl adjacent to an activating group) is 1. The Hall–Kier alpha value is -0.660. The molecular weight excluding hydrogens is 266 g/mol. The summed E-state index contributed by atoms with van der Waals surface area (Å²) in [4.78, 5) is 15.7. The van der Waals surface area contributed by atoms with E-state index < -0.39 is 10.0 Å². The fourth-order valence-corrected chi connectivity index (χ4v) is 4.14. The summed E-state index contributed by atoms with van der Waals surface area (Å²) in [6.07, 6.45) is 0. The SMILES string of the molecule is CCS(=O)(=O)N1C[C@@H]2CN(C(=O)CN(C)C)C[C@H]2C1. The van der Waals surface area contributed by atoms with Gasteiger partial charge in [-0.05, 0) is 32.9 Å². The van der Waals surface area contributed by atoms with E-state index in [-0.39, 0.29) is 11.7 Å². The number of hydrogen-bond donors (Lipinski definition) is 0. The summed E-state index contributed by atoms with van der Waals surface area (Å²) in [5, 5.41) is 0. The van der Waals surface area contributed by atoms with Gasteiger partial charge in [-0.15, -0.1) is 0 Å². The molecule has 19 heavy (non-hydrogen) atoms. The number of fused-ring (bicyclic) bond motifs is 1. The number of carbonyl (C=O) groups is 1. The molecule has 2 aliphatic rings. The third-order valence-corrected chi connectivity index (χ3v) is 5.83. The molecule has 7 heteroatoms. The van der Waals surface area contributed by atoms with Crippen LogP contribution in [-0.4, -0.2) is 81.0 Å². The van der Waals surface area contributed by atoms with Crippen LogP contribution < -0.4 is 0 Å². The fourth-order valence-electron chi connectivity index (χ4n) is 2.93. The summed E-state index contributed by atoms with van der Waals surface area (Å²) in [5.41, 5.74) is 0. The van der Waals surface area contributed by atoms with Crippen LogP contribution in [0.5, 0.6) is 0 Å². The number of hydrogen-bond acceptors (Lipinski definition) is 4. The van der Waals surface area contributed by atoms with Gasteiger partial charge in [0.2, 0.25) is 15.9 Å². The summed E-state index contributed by atoms with van der Waals surface area (Å²) in [5.74, 6) is 0.930. The molecule has 0 aliphatic carbocycles. The first-order valence-electron chi connectivity index (χ1n) is 6.73. The molecule has 2 atom stereocenters. The Morgan fingerprint density at radius 1 is 1.16 bits per heavy atom. The largest absolute Gasteiger partial charge is 0.341 e. The molecule has 110 valence electrons. The molecule has 2 saturated heterocycles. The first-order chi connectivity index (χ1) is 8.83. The summed E-state index contributed by atoms with van der Waals surface area (Å²) < 4.78 is 25.3. The molecule has 0 N–H and O–H groups in total. The van der Waals surface area contributed by atoms with Crippen molar-refractivity contribution in [2.45, 2.75) is 6.92 Å². The lowest BCUT2D eigenvalue weighted by Crippen LogP contribution is -2.39. The smallest absolute Gasteiger partial charge is 0.236 e. The molecule has 0 bridgehead atoms. The highest BCUT2D eigenvalue weighted by atomic mass is 32.2. The zero-order valence-electron chi connectivity index (χ0n) is 11.9. The second-order valence-electron chi connectivity index (χ2n) is 5.77. The predicted molar refractivity (Wildman–Crippen MR) is 73.1 cm³/mol. The van der Waals surface area contributed by atoms with Crippen LogP contribution in [0.3, 0.4) is 0 Å². The molecule has 1 amide bonds. The van der Waals surface area contributed by atoms with Gasteiger partial charge >= 0.3 is 0 Å². The van der Waals surface area contributed by atoms with Crippen molar-refractivity contribution in [3.8, 4) is 0 Å². The minimum Gasteiger partial charge on any atom is -0.341 e. The van der Waals surface area contributed by atoms with Gasteiger partial charge in [0.05, 0.1) is 12.3 Å². The van der Waals surface area contributed by atoms with E-state index in [1.807, 2.05) is 23.9 Å². The average Bonchev–Trinajstić information content (AvgIpc) is 2.85. The van der Waals surface area contributed by atoms with Crippen LogP contribution in [0.15, 0.2) is 0 Å². The van der Waals surface area contributed by atoms with Gasteiger partial charge in [0, 0.05) is 26.2 Å². The molecule has 0 saturated carbocycles. The second kappa shape index (κ2) is 5.38. The van der Waals surface area contributed by atoms with E-state index in [4.69, 9.17) is 0 Å². The summed E-state index contributed by atoms with van der Waals surface area (Å²) in [6.45, 7) is 4.66. The molecule has 2 heterocycles. The van der Waals surface area contributed by atoms with Gasteiger partial charge in [-0.25, -0.2) is 12.7 Å². The average molecular weight is 289 g/mol. The monoisotopic (exact) mass is 289 g/mol. The maximum absolute atomic E-state index is 12.0. The lowest BCUT2D eigenvalue weighted by Gasteiger charge is -2.22. The van der Waals surface area contributed by atoms with Crippen molar-refractivity contribution in [3.63, 3.8) is 0 Å². The highest BCUT2D eigenvalue weighted by Crippen LogP contribution is 2.32. The van der Waals surface area contributed by atoms with Crippen molar-refractivity contribution in [3.05, 3.63) is 0 Å². The number of rotatable bonds is 4. The first kappa shape index (κ1) is 14.7. The summed E-state index contributed by atoms with van der Waals surface area (Å²) in [7, 11) is 0.684. The van der Waals surface area contributed by atoms with Gasteiger partial charge < -0.3 is 9.80 Å². The highest BCUT2D eigenvalue weighted by molar-refractivity contribution is 7.89. The molecule has 0 spiro atoms. The maximum Gasteiger partial charge on any atom is 0.236 e. The van der Waals surface area contributed by atoms with Crippen LogP contribution in [0.2, 0.25) is 0 Å². The number of carbonyl (C=O) groups excluding carboxylic acids is 1. The van der Waals surface area contributed by atoms with Crippen molar-refractivity contribution in [1.29, 1.82) is 0 Å². The molecule has 0 aromatic carbocycles. The Bertz CT molecular complexity index is 435. The Labute approximate surface area is 115 Å². The van der Waals surface area contributed by atoms with Gasteiger partial charge in [0.25, 0.3) is 0 Å². The van der Waals surface area contributed by atoms with E-state index >= 15 is 0 Å². The van der Waals surface area contributed by atoms with Crippen molar-refractivity contribution in [2.24, 2.45) is 11.8 Å². The van der Waals surface area contributed by atoms with Crippen LogP contribution in [0, 0.1) is 11.8 Å². The maximum atomic E-state index is 12.0. The normalized spacial score (nSPS) is 28.1. The third kappa shape index (κ3) is 3.09. The Morgan fingerprint density at radius 3 is 2.11 bits per heavy atom. The van der Waals surface area contributed by atoms with Crippen molar-refractivity contribution in [2.75, 3.05) is 52.6 Å². The minimum absolute atomic E-state index is 0.143. The van der Waals surface area contributed by atoms with E-state index in [0.717, 1.165) is 0 Å². The van der Waals surface area contributed by atoms with Crippen LogP contribution >= 0.6 is 0 Å². The number of nitrogens with zero attached hydrogens (tertiary/aromatic N) is 3. The van der Waals surface area contributed by atoms with Crippen molar-refractivity contribution in [1.82, 2.24) is 14.1 Å². The van der Waals surface area contributed by atoms with Gasteiger partial charge in [0.1, 0.15) is 0 Å². The minimum atomic E-state index is -3.08. The number of likely N-dealkylation sites (tertiary alicyclic amines) is 1. The molecule has 0 radical (unpaired) electrons. The van der Waals surface area contributed by atoms with Gasteiger partial charge in [-0.1, -0.05) is 0 Å². The lowest BCUT2D eigenvalue weighted by atomic mass is 10.0. The zero-order chi connectivity index (χ0) is 14.2. The standard InChI is InChI=1S/C12H23N3O3S/c1-4-19(17,18)15-7-10-5-14(6-11(10)8-15)12(16)9-13(2)3/h10-11H,4-9H2,1-3H3/t10-,11-/m0/s1. The van der Waals surface area contributed by atoms with Crippen LogP contribution in [-0.2, 0) is 14.8 Å². The molecule has 2 rings (SSSR count). The van der Waals surface area contributed by atoms with Crippen LogP contribution in [0.1, 0.15) is 6.92 Å². The second-order valence-corrected chi connectivity index (χ2v) is 8.03. The van der Waals surface area contributed by atoms with E-state index in [2.05, 4.69) is 0 Å². The summed E-state index contributed by atoms with van der Waals surface area (Å²) in [6, 6.07) is 0. The third-order valence-electron chi connectivity index (χ3n) is 4.02. The molecule has 2 aliphatic heterocycles. The molecule has 0 unspecified atom stereocenters. The van der Waals surface area contributed by atoms with Crippen molar-refractivity contribution < 1.29 is 13.2 Å². The van der Waals surface area contributed by atoms with E-state index in [9.17, 15) is 13.2 Å². The van der Waals surface area contributed by atoms with Crippen LogP contribution in [0.4, 0.5) is 0 Å². The zero-order valence-corrected chi connectivity index (χ0v) is 12.7. The first-order valence-corrected chi connectivity index (χ1v) is 8.34. The Kier molecular flexibility index (Phi) is 4.17. The summed E-state index contributed by atoms with van der Waals surface area (Å²) >= 11 is 0. The van der Waals surface area contributed by atoms with Gasteiger partial charge in [0.15, 0.2) is 0 Å². The predicted octanol–water partition coefficient (Wildman–Crippen LogP) is -0.712. The van der Waals surface area contributed by atoms with E-state index in [1.54, 1.807) is 11.2 Å². The van der Waals surface area contributed by atoms with E-state index in [0.29, 0.717) is 44.6 Å². The Balaban J connectivity index is 1.92. The lowest BCUT2D eigenvalue weighted by molar-refractivity contribution is -0.131. The molecule has 0 aromatic heterocycles. The van der Waals surface area contributed by atoms with Crippen LogP contribution in [0.25, 0.3) is 0 Å². The van der Waals surface area contributed by atoms with Gasteiger partial charge in [-0.2, -0.15) is 0 Å². The Morgan fingerprint density at radius 2 is 1.68 bits per heavy atom. The molecule has 2 fully saturated rings. The highest BCUT2D eigenvalue weighted by Gasteiger charge is 2.44. The van der Waals surface area contributed by atoms with Crippen molar-refractivity contribution >= 4 is 15.9 Å². The number of amides is 1. The van der Waals surface area contributed by atoms with Gasteiger partial charge in [-0.3, -0.25) is 4.79 Å². The number of sulfonamides is 1. The topological polar surface area (TPSA) is 60.9 Å². The van der Waals surface area contributed by atoms with E-state index in [1.165, 1.54) is 0 Å². The fraction of sp³-hybridized carbons (Fsp3) is 0.917. The molecule has 6 nitrogen and oxygen atoms in total. The molecular formula is C12H23N3O3S. The molecule has 0 aromatic rings. The quantitative estimate of drug-likeness (QED) is 0.686.